The van der Waals surface area contributed by atoms with Gasteiger partial charge in [-0.05, 0) is 29.5 Å². The Morgan fingerprint density at radius 2 is 2.04 bits per heavy atom. The Hall–Kier alpha value is -2.94. The molecule has 0 aromatic heterocycles. The predicted molar refractivity (Wildman–Crippen MR) is 87.9 cm³/mol. The smallest absolute Gasteiger partial charge is 0.277 e. The Kier molecular flexibility index (Phi) is 5.85. The van der Waals surface area contributed by atoms with E-state index >= 15 is 0 Å². The number of benzene rings is 2. The van der Waals surface area contributed by atoms with Crippen molar-refractivity contribution >= 4 is 33.7 Å². The largest absolute Gasteiger partial charge is 0.867 e. The van der Waals surface area contributed by atoms with Gasteiger partial charge in [-0.3, -0.25) is 14.9 Å². The minimum atomic E-state index is -0.790. The third-order valence-electron chi connectivity index (χ3n) is 2.77. The van der Waals surface area contributed by atoms with Crippen LogP contribution in [-0.4, -0.2) is 23.7 Å². The molecular formula is C15H11BrN3O5-. The van der Waals surface area contributed by atoms with Crippen LogP contribution >= 0.6 is 15.9 Å². The maximum Gasteiger partial charge on any atom is 0.277 e. The summed E-state index contributed by atoms with van der Waals surface area (Å²) in [5.41, 5.74) is 1.57. The fourth-order valence-corrected chi connectivity index (χ4v) is 2.17. The zero-order chi connectivity index (χ0) is 17.5. The zero-order valence-corrected chi connectivity index (χ0v) is 13.7. The molecule has 0 heterocycles. The number of rotatable bonds is 6. The number of carbonyl (C=O) groups is 1. The molecule has 0 bridgehead atoms. The van der Waals surface area contributed by atoms with Crippen molar-refractivity contribution in [2.75, 3.05) is 6.61 Å². The van der Waals surface area contributed by atoms with Crippen molar-refractivity contribution in [1.82, 2.24) is 5.43 Å². The summed E-state index contributed by atoms with van der Waals surface area (Å²) in [5.74, 6) is -0.796. The van der Waals surface area contributed by atoms with E-state index in [9.17, 15) is 20.0 Å². The van der Waals surface area contributed by atoms with Gasteiger partial charge < -0.3 is 9.84 Å². The van der Waals surface area contributed by atoms with Crippen LogP contribution < -0.4 is 15.3 Å². The standard InChI is InChI=1S/C15H12BrN3O5/c16-11-6-10(15(21)13(7-11)19(22)23)8-17-18-14(20)9-24-12-4-2-1-3-5-12/h1-8,21H,9H2,(H,18,20)/p-1/b17-8+. The molecule has 0 unspecified atom stereocenters. The third kappa shape index (κ3) is 4.78. The highest BCUT2D eigenvalue weighted by atomic mass is 79.9. The number of nitro groups is 1. The van der Waals surface area contributed by atoms with Crippen molar-refractivity contribution in [2.24, 2.45) is 5.10 Å². The van der Waals surface area contributed by atoms with Crippen molar-refractivity contribution in [3.8, 4) is 11.5 Å². The number of carbonyl (C=O) groups excluding carboxylic acids is 1. The van der Waals surface area contributed by atoms with Crippen LogP contribution in [-0.2, 0) is 4.79 Å². The number of nitrogens with one attached hydrogen (secondary N) is 1. The molecule has 2 rings (SSSR count). The monoisotopic (exact) mass is 392 g/mol. The highest BCUT2D eigenvalue weighted by Crippen LogP contribution is 2.30. The number of ether oxygens (including phenoxy) is 1. The first-order chi connectivity index (χ1) is 11.5. The van der Waals surface area contributed by atoms with Crippen molar-refractivity contribution in [3.05, 3.63) is 62.6 Å². The Morgan fingerprint density at radius 1 is 1.33 bits per heavy atom. The van der Waals surface area contributed by atoms with Gasteiger partial charge in [-0.15, -0.1) is 0 Å². The summed E-state index contributed by atoms with van der Waals surface area (Å²) in [4.78, 5) is 21.6. The van der Waals surface area contributed by atoms with Gasteiger partial charge in [0.25, 0.3) is 11.6 Å². The van der Waals surface area contributed by atoms with E-state index in [0.29, 0.717) is 10.2 Å². The second-order valence-corrected chi connectivity index (χ2v) is 5.41. The summed E-state index contributed by atoms with van der Waals surface area (Å²) >= 11 is 3.07. The quantitative estimate of drug-likeness (QED) is 0.458. The third-order valence-corrected chi connectivity index (χ3v) is 3.22. The second-order valence-electron chi connectivity index (χ2n) is 4.50. The molecule has 0 atom stereocenters. The summed E-state index contributed by atoms with van der Waals surface area (Å²) in [6.07, 6.45) is 1.04. The van der Waals surface area contributed by atoms with Crippen molar-refractivity contribution < 1.29 is 19.6 Å². The second kappa shape index (κ2) is 8.06. The SMILES string of the molecule is O=C(COc1ccccc1)N/N=C/c1cc(Br)cc([N+](=O)[O-])c1[O-]. The van der Waals surface area contributed by atoms with Crippen LogP contribution in [0.25, 0.3) is 0 Å². The summed E-state index contributed by atoms with van der Waals surface area (Å²) in [6, 6.07) is 11.2. The van der Waals surface area contributed by atoms with Gasteiger partial charge in [0, 0.05) is 10.5 Å². The van der Waals surface area contributed by atoms with E-state index in [1.165, 1.54) is 6.07 Å². The normalized spacial score (nSPS) is 10.5. The van der Waals surface area contributed by atoms with E-state index in [1.54, 1.807) is 24.3 Å². The first kappa shape index (κ1) is 17.4. The number of para-hydroxylation sites is 1. The number of halogens is 1. The van der Waals surface area contributed by atoms with Crippen molar-refractivity contribution in [2.45, 2.75) is 0 Å². The van der Waals surface area contributed by atoms with Crippen LogP contribution in [0.5, 0.6) is 11.5 Å². The van der Waals surface area contributed by atoms with E-state index in [4.69, 9.17) is 4.74 Å². The lowest BCUT2D eigenvalue weighted by atomic mass is 10.2. The van der Waals surface area contributed by atoms with Crippen LogP contribution in [0.1, 0.15) is 5.56 Å². The molecule has 9 heteroatoms. The molecule has 24 heavy (non-hydrogen) atoms. The molecule has 0 saturated heterocycles. The molecule has 2 aromatic carbocycles. The molecule has 0 aliphatic rings. The van der Waals surface area contributed by atoms with Crippen LogP contribution in [0.15, 0.2) is 52.0 Å². The van der Waals surface area contributed by atoms with Crippen LogP contribution in [0.3, 0.4) is 0 Å². The molecule has 0 aliphatic carbocycles. The Bertz CT molecular complexity index is 780. The highest BCUT2D eigenvalue weighted by Gasteiger charge is 2.11. The van der Waals surface area contributed by atoms with E-state index < -0.39 is 22.3 Å². The topological polar surface area (TPSA) is 117 Å². The summed E-state index contributed by atoms with van der Waals surface area (Å²) in [6.45, 7) is -0.260. The van der Waals surface area contributed by atoms with Gasteiger partial charge in [-0.2, -0.15) is 5.10 Å². The Labute approximate surface area is 145 Å². The molecule has 0 radical (unpaired) electrons. The molecule has 0 fully saturated rings. The van der Waals surface area contributed by atoms with Gasteiger partial charge >= 0.3 is 0 Å². The molecule has 0 saturated carbocycles. The lowest BCUT2D eigenvalue weighted by Crippen LogP contribution is -2.24. The molecule has 2 aromatic rings. The molecule has 8 nitrogen and oxygen atoms in total. The summed E-state index contributed by atoms with van der Waals surface area (Å²) in [5, 5.41) is 26.2. The number of hydrogen-bond acceptors (Lipinski definition) is 6. The van der Waals surface area contributed by atoms with E-state index in [0.717, 1.165) is 12.3 Å². The molecular weight excluding hydrogens is 382 g/mol. The van der Waals surface area contributed by atoms with Crippen LogP contribution in [0, 0.1) is 10.1 Å². The van der Waals surface area contributed by atoms with Gasteiger partial charge in [0.1, 0.15) is 5.75 Å². The Morgan fingerprint density at radius 3 is 2.71 bits per heavy atom. The van der Waals surface area contributed by atoms with E-state index in [2.05, 4.69) is 26.5 Å². The number of amides is 1. The maximum absolute atomic E-state index is 11.9. The zero-order valence-electron chi connectivity index (χ0n) is 12.1. The van der Waals surface area contributed by atoms with Crippen LogP contribution in [0.2, 0.25) is 0 Å². The molecule has 1 N–H and O–H groups in total. The van der Waals surface area contributed by atoms with Gasteiger partial charge in [0.2, 0.25) is 0 Å². The first-order valence-electron chi connectivity index (χ1n) is 6.62. The van der Waals surface area contributed by atoms with Gasteiger partial charge in [-0.25, -0.2) is 5.43 Å². The summed E-state index contributed by atoms with van der Waals surface area (Å²) in [7, 11) is 0. The molecule has 1 amide bonds. The lowest BCUT2D eigenvalue weighted by molar-refractivity contribution is -0.398. The number of hydrazone groups is 1. The van der Waals surface area contributed by atoms with Crippen LogP contribution in [0.4, 0.5) is 5.69 Å². The van der Waals surface area contributed by atoms with E-state index in [1.807, 2.05) is 6.07 Å². The molecule has 0 aliphatic heterocycles. The number of nitrogens with zero attached hydrogens (tertiary/aromatic N) is 2. The fourth-order valence-electron chi connectivity index (χ4n) is 1.70. The maximum atomic E-state index is 11.9. The lowest BCUT2D eigenvalue weighted by Gasteiger charge is -2.10. The average Bonchev–Trinajstić information content (AvgIpc) is 2.56. The average molecular weight is 393 g/mol. The van der Waals surface area contributed by atoms with Crippen molar-refractivity contribution in [3.63, 3.8) is 0 Å². The molecule has 124 valence electrons. The number of nitro benzene ring substituents is 1. The van der Waals surface area contributed by atoms with E-state index in [-0.39, 0.29) is 12.2 Å². The number of hydrogen-bond donors (Lipinski definition) is 1. The summed E-state index contributed by atoms with van der Waals surface area (Å²) < 4.78 is 5.58. The predicted octanol–water partition coefficient (Wildman–Crippen LogP) is 1.96. The first-order valence-corrected chi connectivity index (χ1v) is 7.41. The highest BCUT2D eigenvalue weighted by molar-refractivity contribution is 9.10. The van der Waals surface area contributed by atoms with Gasteiger partial charge in [-0.1, -0.05) is 34.1 Å². The minimum Gasteiger partial charge on any atom is -0.867 e. The van der Waals surface area contributed by atoms with Crippen molar-refractivity contribution in [1.29, 1.82) is 0 Å². The minimum absolute atomic E-state index is 0.0275. The fraction of sp³-hybridized carbons (Fsp3) is 0.0667. The Balaban J connectivity index is 1.96. The van der Waals surface area contributed by atoms with Gasteiger partial charge in [0.05, 0.1) is 11.1 Å². The molecule has 0 spiro atoms. The van der Waals surface area contributed by atoms with Gasteiger partial charge in [0.15, 0.2) is 6.61 Å².